The Balaban J connectivity index is 2.74. The number of hydrogen-bond donors (Lipinski definition) is 1. The van der Waals surface area contributed by atoms with Gasteiger partial charge in [-0.2, -0.15) is 0 Å². The quantitative estimate of drug-likeness (QED) is 0.791. The van der Waals surface area contributed by atoms with Gasteiger partial charge in [-0.25, -0.2) is 8.42 Å². The number of sulfone groups is 1. The smallest absolute Gasteiger partial charge is 0.155 e. The lowest BCUT2D eigenvalue weighted by atomic mass is 9.76. The van der Waals surface area contributed by atoms with Gasteiger partial charge in [0.25, 0.3) is 0 Å². The largest absolute Gasteiger partial charge is 0.329 e. The Morgan fingerprint density at radius 2 is 1.60 bits per heavy atom. The van der Waals surface area contributed by atoms with Gasteiger partial charge in [0.15, 0.2) is 9.84 Å². The van der Waals surface area contributed by atoms with Crippen LogP contribution in [0.15, 0.2) is 0 Å². The maximum atomic E-state index is 12.5. The zero-order chi connectivity index (χ0) is 15.4. The van der Waals surface area contributed by atoms with E-state index in [1.54, 1.807) is 20.8 Å². The van der Waals surface area contributed by atoms with Crippen LogP contribution in [0, 0.1) is 5.41 Å². The van der Waals surface area contributed by atoms with Crippen molar-refractivity contribution >= 4 is 15.6 Å². The van der Waals surface area contributed by atoms with Crippen LogP contribution >= 0.6 is 0 Å². The molecule has 1 fully saturated rings. The third-order valence-corrected chi connectivity index (χ3v) is 7.18. The van der Waals surface area contributed by atoms with Gasteiger partial charge in [-0.1, -0.05) is 25.7 Å². The lowest BCUT2D eigenvalue weighted by Crippen LogP contribution is -2.40. The van der Waals surface area contributed by atoms with Gasteiger partial charge in [0.2, 0.25) is 0 Å². The number of ketones is 1. The Morgan fingerprint density at radius 3 is 2.00 bits per heavy atom. The molecule has 1 saturated carbocycles. The molecule has 0 aliphatic heterocycles. The first kappa shape index (κ1) is 17.6. The third kappa shape index (κ3) is 4.04. The predicted molar refractivity (Wildman–Crippen MR) is 82.4 cm³/mol. The Morgan fingerprint density at radius 1 is 1.10 bits per heavy atom. The van der Waals surface area contributed by atoms with Crippen molar-refractivity contribution in [3.05, 3.63) is 0 Å². The summed E-state index contributed by atoms with van der Waals surface area (Å²) < 4.78 is 23.4. The van der Waals surface area contributed by atoms with Gasteiger partial charge in [0, 0.05) is 18.4 Å². The van der Waals surface area contributed by atoms with Crippen LogP contribution in [0.1, 0.15) is 65.7 Å². The fourth-order valence-corrected chi connectivity index (χ4v) is 3.87. The molecular formula is C15H29NO3S. The van der Waals surface area contributed by atoms with Crippen molar-refractivity contribution < 1.29 is 13.2 Å². The molecule has 5 heteroatoms. The van der Waals surface area contributed by atoms with Gasteiger partial charge < -0.3 is 5.73 Å². The molecule has 0 amide bonds. The van der Waals surface area contributed by atoms with E-state index in [4.69, 9.17) is 5.73 Å². The van der Waals surface area contributed by atoms with E-state index in [9.17, 15) is 13.2 Å². The average molecular weight is 303 g/mol. The van der Waals surface area contributed by atoms with Crippen molar-refractivity contribution in [2.24, 2.45) is 11.1 Å². The van der Waals surface area contributed by atoms with Crippen molar-refractivity contribution in [3.8, 4) is 0 Å². The molecule has 0 saturated heterocycles. The van der Waals surface area contributed by atoms with Gasteiger partial charge in [-0.05, 0) is 33.6 Å². The topological polar surface area (TPSA) is 77.2 Å². The molecule has 118 valence electrons. The van der Waals surface area contributed by atoms with E-state index in [1.165, 1.54) is 0 Å². The van der Waals surface area contributed by atoms with Crippen LogP contribution in [0.2, 0.25) is 0 Å². The molecule has 1 aliphatic rings. The highest BCUT2D eigenvalue weighted by Crippen LogP contribution is 2.36. The van der Waals surface area contributed by atoms with Gasteiger partial charge in [0.05, 0.1) is 10.5 Å². The molecule has 1 rings (SSSR count). The van der Waals surface area contributed by atoms with Gasteiger partial charge in [-0.15, -0.1) is 0 Å². The zero-order valence-electron chi connectivity index (χ0n) is 13.1. The highest BCUT2D eigenvalue weighted by Gasteiger charge is 2.38. The predicted octanol–water partition coefficient (Wildman–Crippen LogP) is 2.46. The maximum absolute atomic E-state index is 12.5. The van der Waals surface area contributed by atoms with E-state index in [0.29, 0.717) is 6.54 Å². The Hall–Kier alpha value is -0.420. The fraction of sp³-hybridized carbons (Fsp3) is 0.933. The van der Waals surface area contributed by atoms with Crippen LogP contribution in [-0.2, 0) is 14.6 Å². The lowest BCUT2D eigenvalue weighted by molar-refractivity contribution is -0.128. The minimum Gasteiger partial charge on any atom is -0.329 e. The van der Waals surface area contributed by atoms with Crippen LogP contribution in [-0.4, -0.2) is 31.2 Å². The highest BCUT2D eigenvalue weighted by molar-refractivity contribution is 7.92. The first-order chi connectivity index (χ1) is 9.15. The Kier molecular flexibility index (Phi) is 5.79. The molecule has 0 unspecified atom stereocenters. The van der Waals surface area contributed by atoms with Gasteiger partial charge in [0.1, 0.15) is 5.78 Å². The van der Waals surface area contributed by atoms with Crippen LogP contribution in [0.5, 0.6) is 0 Å². The number of hydrogen-bond acceptors (Lipinski definition) is 4. The summed E-state index contributed by atoms with van der Waals surface area (Å²) in [6.45, 7) is 5.38. The number of carbonyl (C=O) groups excluding carboxylic acids is 1. The second-order valence-corrected chi connectivity index (χ2v) is 9.87. The molecule has 0 bridgehead atoms. The standard InChI is InChI=1S/C15H29NO3S/c1-14(2,3)20(18,19)11-8-13(17)15(12-16)9-6-4-5-7-10-15/h4-12,16H2,1-3H3. The second kappa shape index (κ2) is 6.56. The molecule has 0 aromatic rings. The molecule has 2 N–H and O–H groups in total. The van der Waals surface area contributed by atoms with E-state index in [0.717, 1.165) is 38.5 Å². The van der Waals surface area contributed by atoms with Gasteiger partial charge >= 0.3 is 0 Å². The lowest BCUT2D eigenvalue weighted by Gasteiger charge is -2.30. The first-order valence-electron chi connectivity index (χ1n) is 7.60. The first-order valence-corrected chi connectivity index (χ1v) is 9.25. The summed E-state index contributed by atoms with van der Waals surface area (Å²) in [7, 11) is -3.24. The van der Waals surface area contributed by atoms with E-state index in [2.05, 4.69) is 0 Å². The van der Waals surface area contributed by atoms with Gasteiger partial charge in [-0.3, -0.25) is 4.79 Å². The molecule has 1 aliphatic carbocycles. The third-order valence-electron chi connectivity index (χ3n) is 4.57. The van der Waals surface area contributed by atoms with E-state index in [-0.39, 0.29) is 18.0 Å². The SMILES string of the molecule is CC(C)(C)S(=O)(=O)CCC(=O)C1(CN)CCCCCC1. The summed E-state index contributed by atoms with van der Waals surface area (Å²) in [5.74, 6) is -0.00778. The molecule has 0 aromatic carbocycles. The second-order valence-electron chi connectivity index (χ2n) is 7.00. The summed E-state index contributed by atoms with van der Waals surface area (Å²) >= 11 is 0. The average Bonchev–Trinajstić information content (AvgIpc) is 2.61. The monoisotopic (exact) mass is 303 g/mol. The zero-order valence-corrected chi connectivity index (χ0v) is 13.9. The summed E-state index contributed by atoms with van der Waals surface area (Å²) in [5.41, 5.74) is 5.40. The van der Waals surface area contributed by atoms with Crippen molar-refractivity contribution in [1.82, 2.24) is 0 Å². The summed E-state index contributed by atoms with van der Waals surface area (Å²) in [6, 6.07) is 0. The van der Waals surface area contributed by atoms with Crippen molar-refractivity contribution in [3.63, 3.8) is 0 Å². The molecule has 0 aromatic heterocycles. The van der Waals surface area contributed by atoms with Crippen LogP contribution in [0.25, 0.3) is 0 Å². The Labute approximate surface area is 123 Å². The molecular weight excluding hydrogens is 274 g/mol. The minimum absolute atomic E-state index is 0.0507. The molecule has 0 radical (unpaired) electrons. The molecule has 0 atom stereocenters. The van der Waals surface area contributed by atoms with E-state index in [1.807, 2.05) is 0 Å². The van der Waals surface area contributed by atoms with E-state index >= 15 is 0 Å². The van der Waals surface area contributed by atoms with Crippen LogP contribution in [0.4, 0.5) is 0 Å². The van der Waals surface area contributed by atoms with Crippen molar-refractivity contribution in [1.29, 1.82) is 0 Å². The fourth-order valence-electron chi connectivity index (χ4n) is 2.80. The van der Waals surface area contributed by atoms with Crippen LogP contribution < -0.4 is 5.73 Å². The number of nitrogens with two attached hydrogens (primary N) is 1. The Bertz CT molecular complexity index is 427. The molecule has 20 heavy (non-hydrogen) atoms. The summed E-state index contributed by atoms with van der Waals surface area (Å²) in [5, 5.41) is 0. The number of rotatable bonds is 5. The number of carbonyl (C=O) groups is 1. The number of Topliss-reactive ketones (excluding diaryl/α,β-unsaturated/α-hetero) is 1. The summed E-state index contributed by atoms with van der Waals surface area (Å²) in [6.07, 6.45) is 6.08. The maximum Gasteiger partial charge on any atom is 0.155 e. The van der Waals surface area contributed by atoms with E-state index < -0.39 is 20.0 Å². The minimum atomic E-state index is -3.24. The molecule has 0 spiro atoms. The normalized spacial score (nSPS) is 20.4. The highest BCUT2D eigenvalue weighted by atomic mass is 32.2. The summed E-state index contributed by atoms with van der Waals surface area (Å²) in [4.78, 5) is 12.5. The van der Waals surface area contributed by atoms with Crippen molar-refractivity contribution in [2.75, 3.05) is 12.3 Å². The van der Waals surface area contributed by atoms with Crippen LogP contribution in [0.3, 0.4) is 0 Å². The van der Waals surface area contributed by atoms with Crippen molar-refractivity contribution in [2.45, 2.75) is 70.5 Å². The molecule has 0 heterocycles. The molecule has 4 nitrogen and oxygen atoms in total.